The smallest absolute Gasteiger partial charge is 0.165 e. The van der Waals surface area contributed by atoms with Crippen LogP contribution in [0, 0.1) is 11.3 Å². The lowest BCUT2D eigenvalue weighted by Gasteiger charge is -2.47. The van der Waals surface area contributed by atoms with Gasteiger partial charge in [0.1, 0.15) is 0 Å². The summed E-state index contributed by atoms with van der Waals surface area (Å²) in [7, 11) is 0. The third-order valence-corrected chi connectivity index (χ3v) is 5.56. The van der Waals surface area contributed by atoms with Gasteiger partial charge in [0.25, 0.3) is 0 Å². The molecule has 1 atom stereocenters. The molecule has 3 fully saturated rings. The van der Waals surface area contributed by atoms with E-state index in [0.717, 1.165) is 12.8 Å². The van der Waals surface area contributed by atoms with E-state index in [1.54, 1.807) is 0 Å². The molecule has 3 rings (SSSR count). The number of hydrogen-bond acceptors (Lipinski definition) is 3. The van der Waals surface area contributed by atoms with Crippen LogP contribution in [0.25, 0.3) is 0 Å². The molecule has 3 nitrogen and oxygen atoms in total. The van der Waals surface area contributed by atoms with Crippen molar-refractivity contribution in [2.24, 2.45) is 11.3 Å². The van der Waals surface area contributed by atoms with Crippen molar-refractivity contribution in [2.75, 3.05) is 13.2 Å². The fourth-order valence-corrected chi connectivity index (χ4v) is 4.49. The lowest BCUT2D eigenvalue weighted by molar-refractivity contribution is -0.201. The van der Waals surface area contributed by atoms with Crippen LogP contribution >= 0.6 is 0 Å². The second-order valence-electron chi connectivity index (χ2n) is 6.71. The van der Waals surface area contributed by atoms with Crippen LogP contribution in [-0.4, -0.2) is 30.7 Å². The molecule has 1 unspecified atom stereocenters. The van der Waals surface area contributed by atoms with Gasteiger partial charge in [-0.2, -0.15) is 0 Å². The molecule has 0 aromatic heterocycles. The maximum atomic E-state index is 11.0. The minimum Gasteiger partial charge on any atom is -0.392 e. The lowest BCUT2D eigenvalue weighted by Crippen LogP contribution is -2.50. The fraction of sp³-hybridized carbons (Fsp3) is 1.00. The Balaban J connectivity index is 1.76. The molecule has 2 saturated carbocycles. The molecule has 0 bridgehead atoms. The van der Waals surface area contributed by atoms with E-state index in [0.29, 0.717) is 19.1 Å². The Labute approximate surface area is 116 Å². The summed E-state index contributed by atoms with van der Waals surface area (Å²) in [5.74, 6) is 0.472. The van der Waals surface area contributed by atoms with Gasteiger partial charge in [-0.1, -0.05) is 38.5 Å². The van der Waals surface area contributed by atoms with Crippen molar-refractivity contribution in [3.63, 3.8) is 0 Å². The van der Waals surface area contributed by atoms with E-state index in [2.05, 4.69) is 0 Å². The van der Waals surface area contributed by atoms with Gasteiger partial charge >= 0.3 is 0 Å². The van der Waals surface area contributed by atoms with Crippen LogP contribution in [0.1, 0.15) is 64.2 Å². The van der Waals surface area contributed by atoms with Crippen LogP contribution in [0.15, 0.2) is 0 Å². The second-order valence-corrected chi connectivity index (χ2v) is 6.71. The van der Waals surface area contributed by atoms with E-state index in [-0.39, 0.29) is 17.8 Å². The van der Waals surface area contributed by atoms with Crippen molar-refractivity contribution < 1.29 is 14.6 Å². The van der Waals surface area contributed by atoms with Crippen molar-refractivity contribution >= 4 is 0 Å². The minimum absolute atomic E-state index is 0.114. The molecule has 1 aliphatic heterocycles. The van der Waals surface area contributed by atoms with Crippen molar-refractivity contribution in [1.29, 1.82) is 0 Å². The number of aliphatic hydroxyl groups is 1. The molecule has 0 spiro atoms. The van der Waals surface area contributed by atoms with Gasteiger partial charge < -0.3 is 14.6 Å². The van der Waals surface area contributed by atoms with Crippen LogP contribution in [0.5, 0.6) is 0 Å². The Hall–Kier alpha value is -0.120. The summed E-state index contributed by atoms with van der Waals surface area (Å²) in [6.07, 6.45) is 11.8. The van der Waals surface area contributed by atoms with Gasteiger partial charge in [-0.15, -0.1) is 0 Å². The molecule has 1 heterocycles. The SMILES string of the molecule is OC(C1CCCCC1)C1(C2OCCO2)CCCCC1. The first-order chi connectivity index (χ1) is 9.33. The summed E-state index contributed by atoms with van der Waals surface area (Å²) < 4.78 is 11.7. The van der Waals surface area contributed by atoms with Crippen LogP contribution < -0.4 is 0 Å². The maximum absolute atomic E-state index is 11.0. The molecule has 2 aliphatic carbocycles. The average molecular weight is 268 g/mol. The third kappa shape index (κ3) is 2.70. The Kier molecular flexibility index (Phi) is 4.45. The quantitative estimate of drug-likeness (QED) is 0.854. The largest absolute Gasteiger partial charge is 0.392 e. The third-order valence-electron chi connectivity index (χ3n) is 5.56. The van der Waals surface area contributed by atoms with Gasteiger partial charge in [-0.25, -0.2) is 0 Å². The zero-order chi connectivity index (χ0) is 13.1. The van der Waals surface area contributed by atoms with E-state index in [1.807, 2.05) is 0 Å². The topological polar surface area (TPSA) is 38.7 Å². The van der Waals surface area contributed by atoms with Crippen LogP contribution in [0.2, 0.25) is 0 Å². The highest BCUT2D eigenvalue weighted by Gasteiger charge is 2.50. The van der Waals surface area contributed by atoms with Gasteiger partial charge in [0, 0.05) is 5.41 Å². The number of hydrogen-bond donors (Lipinski definition) is 1. The predicted octanol–water partition coefficient (Wildman–Crippen LogP) is 3.25. The second kappa shape index (κ2) is 6.11. The summed E-state index contributed by atoms with van der Waals surface area (Å²) in [5, 5.41) is 11.0. The molecule has 0 aromatic carbocycles. The molecular formula is C16H28O3. The fourth-order valence-electron chi connectivity index (χ4n) is 4.49. The van der Waals surface area contributed by atoms with Gasteiger partial charge in [0.05, 0.1) is 19.3 Å². The molecule has 19 heavy (non-hydrogen) atoms. The zero-order valence-corrected chi connectivity index (χ0v) is 12.0. The molecule has 3 aliphatic rings. The van der Waals surface area contributed by atoms with E-state index in [4.69, 9.17) is 9.47 Å². The highest BCUT2D eigenvalue weighted by atomic mass is 16.7. The van der Waals surface area contributed by atoms with Crippen LogP contribution in [0.3, 0.4) is 0 Å². The molecule has 1 N–H and O–H groups in total. The summed E-state index contributed by atoms with van der Waals surface area (Å²) in [5.41, 5.74) is -0.114. The molecule has 1 saturated heterocycles. The van der Waals surface area contributed by atoms with Crippen molar-refractivity contribution in [1.82, 2.24) is 0 Å². The number of aliphatic hydroxyl groups excluding tert-OH is 1. The van der Waals surface area contributed by atoms with Gasteiger partial charge in [0.2, 0.25) is 0 Å². The molecule has 0 aromatic rings. The highest BCUT2D eigenvalue weighted by Crippen LogP contribution is 2.49. The first-order valence-corrected chi connectivity index (χ1v) is 8.24. The van der Waals surface area contributed by atoms with Crippen molar-refractivity contribution in [3.8, 4) is 0 Å². The van der Waals surface area contributed by atoms with Crippen molar-refractivity contribution in [2.45, 2.75) is 76.6 Å². The summed E-state index contributed by atoms with van der Waals surface area (Å²) in [6.45, 7) is 1.40. The van der Waals surface area contributed by atoms with E-state index in [9.17, 15) is 5.11 Å². The van der Waals surface area contributed by atoms with E-state index < -0.39 is 0 Å². The predicted molar refractivity (Wildman–Crippen MR) is 73.8 cm³/mol. The first-order valence-electron chi connectivity index (χ1n) is 8.24. The summed E-state index contributed by atoms with van der Waals surface area (Å²) in [4.78, 5) is 0. The Bertz CT molecular complexity index is 274. The summed E-state index contributed by atoms with van der Waals surface area (Å²) >= 11 is 0. The van der Waals surface area contributed by atoms with Gasteiger partial charge in [0.15, 0.2) is 6.29 Å². The minimum atomic E-state index is -0.226. The summed E-state index contributed by atoms with van der Waals surface area (Å²) in [6, 6.07) is 0. The standard InChI is InChI=1S/C16H28O3/c17-14(13-7-3-1-4-8-13)16(9-5-2-6-10-16)15-18-11-12-19-15/h13-15,17H,1-12H2. The zero-order valence-electron chi connectivity index (χ0n) is 12.0. The molecule has 3 heteroatoms. The molecule has 0 amide bonds. The van der Waals surface area contributed by atoms with E-state index >= 15 is 0 Å². The van der Waals surface area contributed by atoms with Crippen molar-refractivity contribution in [3.05, 3.63) is 0 Å². The molecule has 0 radical (unpaired) electrons. The normalized spacial score (nSPS) is 31.4. The first kappa shape index (κ1) is 13.8. The molecule has 110 valence electrons. The van der Waals surface area contributed by atoms with Crippen LogP contribution in [-0.2, 0) is 9.47 Å². The number of ether oxygens (including phenoxy) is 2. The molecular weight excluding hydrogens is 240 g/mol. The Morgan fingerprint density at radius 2 is 1.42 bits per heavy atom. The van der Waals surface area contributed by atoms with Gasteiger partial charge in [-0.3, -0.25) is 0 Å². The van der Waals surface area contributed by atoms with Gasteiger partial charge in [-0.05, 0) is 31.6 Å². The highest BCUT2D eigenvalue weighted by molar-refractivity contribution is 4.96. The maximum Gasteiger partial charge on any atom is 0.165 e. The Morgan fingerprint density at radius 3 is 2.05 bits per heavy atom. The van der Waals surface area contributed by atoms with E-state index in [1.165, 1.54) is 51.4 Å². The average Bonchev–Trinajstić information content (AvgIpc) is 3.03. The monoisotopic (exact) mass is 268 g/mol. The van der Waals surface area contributed by atoms with Crippen LogP contribution in [0.4, 0.5) is 0 Å². The Morgan fingerprint density at radius 1 is 0.842 bits per heavy atom. The lowest BCUT2D eigenvalue weighted by atomic mass is 9.64. The number of rotatable bonds is 3.